The summed E-state index contributed by atoms with van der Waals surface area (Å²) in [6.45, 7) is 2.45. The molecular formula is C19H17NO4S. The van der Waals surface area contributed by atoms with Gasteiger partial charge in [0.25, 0.3) is 0 Å². The molecular weight excluding hydrogens is 338 g/mol. The Hall–Kier alpha value is -2.86. The van der Waals surface area contributed by atoms with Crippen molar-refractivity contribution >= 4 is 17.3 Å². The van der Waals surface area contributed by atoms with Crippen molar-refractivity contribution in [1.29, 1.82) is 0 Å². The fourth-order valence-electron chi connectivity index (χ4n) is 2.39. The molecule has 128 valence electrons. The van der Waals surface area contributed by atoms with Crippen LogP contribution < -0.4 is 9.47 Å². The van der Waals surface area contributed by atoms with E-state index in [0.717, 1.165) is 11.1 Å². The lowest BCUT2D eigenvalue weighted by Crippen LogP contribution is -1.98. The van der Waals surface area contributed by atoms with Crippen molar-refractivity contribution in [3.63, 3.8) is 0 Å². The van der Waals surface area contributed by atoms with Gasteiger partial charge in [0.1, 0.15) is 11.6 Å². The Bertz CT molecular complexity index is 904. The third kappa shape index (κ3) is 3.97. The van der Waals surface area contributed by atoms with Crippen LogP contribution in [0.2, 0.25) is 0 Å². The number of carboxylic acids is 1. The lowest BCUT2D eigenvalue weighted by Gasteiger charge is -2.12. The third-order valence-corrected chi connectivity index (χ3v) is 4.50. The molecule has 0 aliphatic rings. The average molecular weight is 355 g/mol. The number of carboxylic acid groups (broad SMARTS) is 1. The zero-order chi connectivity index (χ0) is 17.8. The summed E-state index contributed by atoms with van der Waals surface area (Å²) in [5.41, 5.74) is 3.07. The number of hydrogen-bond donors (Lipinski definition) is 1. The lowest BCUT2D eigenvalue weighted by molar-refractivity contribution is 0.0691. The van der Waals surface area contributed by atoms with Crippen LogP contribution in [0.5, 0.6) is 11.5 Å². The molecule has 0 fully saturated rings. The minimum atomic E-state index is -1.04. The quantitative estimate of drug-likeness (QED) is 0.709. The molecule has 0 atom stereocenters. The van der Waals surface area contributed by atoms with E-state index >= 15 is 0 Å². The van der Waals surface area contributed by atoms with Crippen LogP contribution >= 0.6 is 11.3 Å². The summed E-state index contributed by atoms with van der Waals surface area (Å²) in [5.74, 6) is 0.173. The van der Waals surface area contributed by atoms with Crippen LogP contribution in [0, 0.1) is 6.92 Å². The minimum Gasteiger partial charge on any atom is -0.493 e. The maximum atomic E-state index is 11.0. The summed E-state index contributed by atoms with van der Waals surface area (Å²) in [5, 5.41) is 11.2. The molecule has 0 spiro atoms. The summed E-state index contributed by atoms with van der Waals surface area (Å²) in [6.07, 6.45) is 0. The largest absolute Gasteiger partial charge is 0.493 e. The molecule has 3 aromatic rings. The second-order valence-corrected chi connectivity index (χ2v) is 6.34. The van der Waals surface area contributed by atoms with Crippen molar-refractivity contribution in [2.24, 2.45) is 0 Å². The summed E-state index contributed by atoms with van der Waals surface area (Å²) >= 11 is 1.28. The Morgan fingerprint density at radius 2 is 2.04 bits per heavy atom. The Balaban J connectivity index is 1.85. The Morgan fingerprint density at radius 1 is 1.20 bits per heavy atom. The van der Waals surface area contributed by atoms with Gasteiger partial charge in [0.2, 0.25) is 0 Å². The molecule has 1 aromatic heterocycles. The second kappa shape index (κ2) is 7.36. The van der Waals surface area contributed by atoms with Crippen molar-refractivity contribution in [1.82, 2.24) is 4.98 Å². The predicted octanol–water partition coefficient (Wildman–Crippen LogP) is 4.40. The van der Waals surface area contributed by atoms with Gasteiger partial charge in [-0.15, -0.1) is 11.3 Å². The highest BCUT2D eigenvalue weighted by atomic mass is 32.1. The SMILES string of the molecule is COc1ccc(-c2nc(C(=O)O)cs2)cc1OCc1cccc(C)c1. The number of ether oxygens (including phenoxy) is 2. The molecule has 0 saturated carbocycles. The molecule has 0 amide bonds. The zero-order valence-electron chi connectivity index (χ0n) is 13.9. The Labute approximate surface area is 149 Å². The van der Waals surface area contributed by atoms with Crippen molar-refractivity contribution in [2.45, 2.75) is 13.5 Å². The summed E-state index contributed by atoms with van der Waals surface area (Å²) in [7, 11) is 1.58. The molecule has 0 radical (unpaired) electrons. The molecule has 1 heterocycles. The number of rotatable bonds is 6. The van der Waals surface area contributed by atoms with Gasteiger partial charge in [0.15, 0.2) is 17.2 Å². The molecule has 0 aliphatic heterocycles. The monoisotopic (exact) mass is 355 g/mol. The number of aromatic carboxylic acids is 1. The fraction of sp³-hybridized carbons (Fsp3) is 0.158. The number of aromatic nitrogens is 1. The number of hydrogen-bond acceptors (Lipinski definition) is 5. The standard InChI is InChI=1S/C19H17NO4S/c1-12-4-3-5-13(8-12)10-24-17-9-14(6-7-16(17)23-2)18-20-15(11-25-18)19(21)22/h3-9,11H,10H2,1-2H3,(H,21,22). The lowest BCUT2D eigenvalue weighted by atomic mass is 10.1. The summed E-state index contributed by atoms with van der Waals surface area (Å²) in [6, 6.07) is 13.5. The summed E-state index contributed by atoms with van der Waals surface area (Å²) in [4.78, 5) is 15.1. The van der Waals surface area contributed by atoms with E-state index in [4.69, 9.17) is 14.6 Å². The number of methoxy groups -OCH3 is 1. The first-order valence-corrected chi connectivity index (χ1v) is 8.50. The number of nitrogens with zero attached hydrogens (tertiary/aromatic N) is 1. The molecule has 6 heteroatoms. The van der Waals surface area contributed by atoms with E-state index in [2.05, 4.69) is 11.1 Å². The van der Waals surface area contributed by atoms with Gasteiger partial charge in [-0.1, -0.05) is 29.8 Å². The Kier molecular flexibility index (Phi) is 5.00. The first-order valence-electron chi connectivity index (χ1n) is 7.62. The highest BCUT2D eigenvalue weighted by Crippen LogP contribution is 2.34. The van der Waals surface area contributed by atoms with Crippen molar-refractivity contribution < 1.29 is 19.4 Å². The van der Waals surface area contributed by atoms with Crippen LogP contribution in [0.15, 0.2) is 47.8 Å². The first-order chi connectivity index (χ1) is 12.1. The topological polar surface area (TPSA) is 68.7 Å². The second-order valence-electron chi connectivity index (χ2n) is 5.49. The van der Waals surface area contributed by atoms with Crippen LogP contribution in [0.1, 0.15) is 21.6 Å². The van der Waals surface area contributed by atoms with Gasteiger partial charge >= 0.3 is 5.97 Å². The van der Waals surface area contributed by atoms with E-state index in [1.54, 1.807) is 13.2 Å². The number of benzene rings is 2. The molecule has 0 unspecified atom stereocenters. The molecule has 0 aliphatic carbocycles. The normalized spacial score (nSPS) is 10.5. The van der Waals surface area contributed by atoms with Gasteiger partial charge < -0.3 is 14.6 Å². The molecule has 2 aromatic carbocycles. The molecule has 3 rings (SSSR count). The van der Waals surface area contributed by atoms with Gasteiger partial charge in [-0.05, 0) is 30.7 Å². The molecule has 1 N–H and O–H groups in total. The van der Waals surface area contributed by atoms with E-state index < -0.39 is 5.97 Å². The highest BCUT2D eigenvalue weighted by Gasteiger charge is 2.13. The highest BCUT2D eigenvalue weighted by molar-refractivity contribution is 7.13. The smallest absolute Gasteiger partial charge is 0.355 e. The zero-order valence-corrected chi connectivity index (χ0v) is 14.7. The first kappa shape index (κ1) is 17.0. The van der Waals surface area contributed by atoms with E-state index in [1.807, 2.05) is 37.3 Å². The maximum absolute atomic E-state index is 11.0. The molecule has 0 bridgehead atoms. The number of aryl methyl sites for hydroxylation is 1. The third-order valence-electron chi connectivity index (χ3n) is 3.61. The minimum absolute atomic E-state index is 0.0399. The van der Waals surface area contributed by atoms with Gasteiger partial charge in [-0.25, -0.2) is 9.78 Å². The van der Waals surface area contributed by atoms with E-state index in [-0.39, 0.29) is 5.69 Å². The molecule has 0 saturated heterocycles. The van der Waals surface area contributed by atoms with Crippen LogP contribution in [-0.4, -0.2) is 23.2 Å². The van der Waals surface area contributed by atoms with E-state index in [1.165, 1.54) is 22.3 Å². The molecule has 5 nitrogen and oxygen atoms in total. The summed E-state index contributed by atoms with van der Waals surface area (Å²) < 4.78 is 11.3. The van der Waals surface area contributed by atoms with E-state index in [0.29, 0.717) is 23.1 Å². The average Bonchev–Trinajstić information content (AvgIpc) is 3.10. The Morgan fingerprint density at radius 3 is 2.72 bits per heavy atom. The predicted molar refractivity (Wildman–Crippen MR) is 96.6 cm³/mol. The van der Waals surface area contributed by atoms with Gasteiger partial charge in [-0.3, -0.25) is 0 Å². The van der Waals surface area contributed by atoms with Gasteiger partial charge in [-0.2, -0.15) is 0 Å². The van der Waals surface area contributed by atoms with Crippen molar-refractivity contribution in [2.75, 3.05) is 7.11 Å². The maximum Gasteiger partial charge on any atom is 0.355 e. The van der Waals surface area contributed by atoms with Crippen LogP contribution in [0.3, 0.4) is 0 Å². The van der Waals surface area contributed by atoms with Gasteiger partial charge in [0.05, 0.1) is 7.11 Å². The van der Waals surface area contributed by atoms with Crippen LogP contribution in [0.4, 0.5) is 0 Å². The van der Waals surface area contributed by atoms with Crippen LogP contribution in [0.25, 0.3) is 10.6 Å². The van der Waals surface area contributed by atoms with Gasteiger partial charge in [0, 0.05) is 10.9 Å². The van der Waals surface area contributed by atoms with Crippen molar-refractivity contribution in [3.8, 4) is 22.1 Å². The number of carbonyl (C=O) groups is 1. The molecule has 25 heavy (non-hydrogen) atoms. The number of thiazole rings is 1. The van der Waals surface area contributed by atoms with Crippen LogP contribution in [-0.2, 0) is 6.61 Å². The fourth-order valence-corrected chi connectivity index (χ4v) is 3.18. The van der Waals surface area contributed by atoms with E-state index in [9.17, 15) is 4.79 Å². The van der Waals surface area contributed by atoms with Crippen molar-refractivity contribution in [3.05, 3.63) is 64.7 Å².